The summed E-state index contributed by atoms with van der Waals surface area (Å²) < 4.78 is 64.9. The molecule has 14 heteroatoms. The maximum Gasteiger partial charge on any atom is 0.262 e. The van der Waals surface area contributed by atoms with Crippen molar-refractivity contribution in [1.29, 1.82) is 0 Å². The number of oxazole rings is 1. The average Bonchev–Trinajstić information content (AvgIpc) is 3.30. The van der Waals surface area contributed by atoms with Gasteiger partial charge in [0, 0.05) is 19.8 Å². The Balaban J connectivity index is 1.44. The van der Waals surface area contributed by atoms with Crippen LogP contribution in [0.15, 0.2) is 86.2 Å². The van der Waals surface area contributed by atoms with Crippen molar-refractivity contribution in [3.05, 3.63) is 66.7 Å². The van der Waals surface area contributed by atoms with Crippen LogP contribution in [0.2, 0.25) is 0 Å². The smallest absolute Gasteiger partial charge is 0.262 e. The molecule has 0 radical (unpaired) electrons. The average molecular weight is 577 g/mol. The Bertz CT molecular complexity index is 1700. The minimum Gasteiger partial charge on any atom is -0.495 e. The Morgan fingerprint density at radius 1 is 1.00 bits per heavy atom. The Hall–Kier alpha value is -3.59. The highest BCUT2D eigenvalue weighted by molar-refractivity contribution is 7.99. The summed E-state index contributed by atoms with van der Waals surface area (Å²) in [6.45, 7) is 0. The van der Waals surface area contributed by atoms with Gasteiger partial charge in [0.25, 0.3) is 15.2 Å². The molecule has 0 spiro atoms. The number of carbonyl (C=O) groups excluding carboxylic acids is 1. The van der Waals surface area contributed by atoms with Crippen LogP contribution in [0.4, 0.5) is 11.4 Å². The molecule has 1 heterocycles. The molecule has 1 aromatic heterocycles. The second-order valence-electron chi connectivity index (χ2n) is 8.07. The second-order valence-corrected chi connectivity index (χ2v) is 12.8. The van der Waals surface area contributed by atoms with Crippen molar-refractivity contribution in [1.82, 2.24) is 9.29 Å². The normalized spacial score (nSPS) is 12.0. The van der Waals surface area contributed by atoms with Gasteiger partial charge in [-0.15, -0.1) is 0 Å². The maximum absolute atomic E-state index is 12.9. The van der Waals surface area contributed by atoms with Gasteiger partial charge in [0.05, 0.1) is 28.3 Å². The lowest BCUT2D eigenvalue weighted by molar-refractivity contribution is -0.113. The third-order valence-corrected chi connectivity index (χ3v) is 9.23. The van der Waals surface area contributed by atoms with Gasteiger partial charge < -0.3 is 14.5 Å². The summed E-state index contributed by atoms with van der Waals surface area (Å²) >= 11 is 1.01. The van der Waals surface area contributed by atoms with Crippen LogP contribution in [0.1, 0.15) is 0 Å². The monoisotopic (exact) mass is 576 g/mol. The molecule has 0 aliphatic heterocycles. The van der Waals surface area contributed by atoms with Crippen LogP contribution in [-0.4, -0.2) is 59.0 Å². The number of carbonyl (C=O) groups is 1. The topological polar surface area (TPSA) is 148 Å². The minimum absolute atomic E-state index is 0.0222. The fourth-order valence-electron chi connectivity index (χ4n) is 3.32. The number of fused-ring (bicyclic) bond motifs is 1. The highest BCUT2D eigenvalue weighted by Crippen LogP contribution is 2.29. The summed E-state index contributed by atoms with van der Waals surface area (Å²) in [6, 6.07) is 16.8. The van der Waals surface area contributed by atoms with Crippen molar-refractivity contribution >= 4 is 60.2 Å². The number of hydrogen-bond acceptors (Lipinski definition) is 9. The summed E-state index contributed by atoms with van der Waals surface area (Å²) in [6.07, 6.45) is 0. The molecule has 0 saturated carbocycles. The minimum atomic E-state index is -3.94. The van der Waals surface area contributed by atoms with Crippen LogP contribution in [0.5, 0.6) is 5.75 Å². The number of thioether (sulfide) groups is 1. The summed E-state index contributed by atoms with van der Waals surface area (Å²) in [5.41, 5.74) is 1.28. The zero-order valence-electron chi connectivity index (χ0n) is 20.5. The van der Waals surface area contributed by atoms with Crippen molar-refractivity contribution in [3.63, 3.8) is 0 Å². The molecule has 0 unspecified atom stereocenters. The van der Waals surface area contributed by atoms with E-state index in [9.17, 15) is 21.6 Å². The molecular weight excluding hydrogens is 552 g/mol. The fourth-order valence-corrected chi connectivity index (χ4v) is 5.99. The molecule has 0 fully saturated rings. The Labute approximate surface area is 224 Å². The van der Waals surface area contributed by atoms with E-state index < -0.39 is 26.0 Å². The van der Waals surface area contributed by atoms with Crippen LogP contribution in [0.25, 0.3) is 11.1 Å². The van der Waals surface area contributed by atoms with E-state index in [0.717, 1.165) is 16.1 Å². The molecule has 0 aliphatic rings. The fraction of sp³-hybridized carbons (Fsp3) is 0.167. The number of ether oxygens (including phenoxy) is 1. The zero-order valence-corrected chi connectivity index (χ0v) is 23.0. The summed E-state index contributed by atoms with van der Waals surface area (Å²) in [5, 5.41) is 2.82. The molecule has 1 amide bonds. The SMILES string of the molecule is COc1ccccc1NS(=O)(=O)c1ccc2oc(SCC(=O)Nc3cccc(S(=O)(=O)N(C)C)c3)nc2c1. The number of methoxy groups -OCH3 is 1. The largest absolute Gasteiger partial charge is 0.495 e. The van der Waals surface area contributed by atoms with Gasteiger partial charge >= 0.3 is 0 Å². The number of anilines is 2. The third-order valence-electron chi connectivity index (χ3n) is 5.22. The van der Waals surface area contributed by atoms with Crippen LogP contribution in [-0.2, 0) is 24.8 Å². The molecule has 200 valence electrons. The number of aromatic nitrogens is 1. The first-order valence-corrected chi connectivity index (χ1v) is 14.9. The lowest BCUT2D eigenvalue weighted by Gasteiger charge is -2.12. The van der Waals surface area contributed by atoms with E-state index in [1.165, 1.54) is 57.6 Å². The molecule has 3 aromatic carbocycles. The van der Waals surface area contributed by atoms with Gasteiger partial charge in [-0.2, -0.15) is 0 Å². The molecule has 4 rings (SSSR count). The number of amides is 1. The molecule has 0 aliphatic carbocycles. The van der Waals surface area contributed by atoms with Crippen LogP contribution < -0.4 is 14.8 Å². The van der Waals surface area contributed by atoms with Gasteiger partial charge in [0.1, 0.15) is 11.3 Å². The zero-order chi connectivity index (χ0) is 27.5. The molecule has 11 nitrogen and oxygen atoms in total. The first-order valence-electron chi connectivity index (χ1n) is 11.0. The molecule has 2 N–H and O–H groups in total. The standard InChI is InChI=1S/C24H24N4O7S3/c1-28(2)38(32,33)18-8-6-7-16(13-18)25-23(29)15-36-24-26-20-14-17(11-12-22(20)35-24)37(30,31)27-19-9-4-5-10-21(19)34-3/h4-14,27H,15H2,1-3H3,(H,25,29). The summed E-state index contributed by atoms with van der Waals surface area (Å²) in [4.78, 5) is 16.8. The number of para-hydroxylation sites is 2. The van der Waals surface area contributed by atoms with E-state index in [1.54, 1.807) is 30.3 Å². The van der Waals surface area contributed by atoms with E-state index in [4.69, 9.17) is 9.15 Å². The van der Waals surface area contributed by atoms with E-state index in [1.807, 2.05) is 0 Å². The lowest BCUT2D eigenvalue weighted by Crippen LogP contribution is -2.22. The maximum atomic E-state index is 12.9. The highest BCUT2D eigenvalue weighted by atomic mass is 32.2. The van der Waals surface area contributed by atoms with Gasteiger partial charge in [-0.1, -0.05) is 30.0 Å². The second kappa shape index (κ2) is 11.0. The van der Waals surface area contributed by atoms with Crippen molar-refractivity contribution in [2.24, 2.45) is 0 Å². The number of nitrogens with zero attached hydrogens (tertiary/aromatic N) is 2. The van der Waals surface area contributed by atoms with Gasteiger partial charge in [-0.25, -0.2) is 26.1 Å². The van der Waals surface area contributed by atoms with Crippen molar-refractivity contribution in [2.75, 3.05) is 37.0 Å². The first-order chi connectivity index (χ1) is 18.0. The molecule has 0 saturated heterocycles. The van der Waals surface area contributed by atoms with Crippen molar-refractivity contribution in [3.8, 4) is 5.75 Å². The van der Waals surface area contributed by atoms with E-state index in [2.05, 4.69) is 15.0 Å². The summed E-state index contributed by atoms with van der Waals surface area (Å²) in [5.74, 6) is -0.0969. The number of benzene rings is 3. The molecule has 0 atom stereocenters. The van der Waals surface area contributed by atoms with Gasteiger partial charge in [0.2, 0.25) is 15.9 Å². The first kappa shape index (κ1) is 27.4. The molecular formula is C24H24N4O7S3. The predicted molar refractivity (Wildman–Crippen MR) is 144 cm³/mol. The molecule has 0 bridgehead atoms. The van der Waals surface area contributed by atoms with Crippen LogP contribution >= 0.6 is 11.8 Å². The summed E-state index contributed by atoms with van der Waals surface area (Å²) in [7, 11) is -3.29. The number of rotatable bonds is 10. The Morgan fingerprint density at radius 3 is 2.50 bits per heavy atom. The molecule has 38 heavy (non-hydrogen) atoms. The van der Waals surface area contributed by atoms with Crippen LogP contribution in [0, 0.1) is 0 Å². The van der Waals surface area contributed by atoms with E-state index in [0.29, 0.717) is 28.2 Å². The Kier molecular flexibility index (Phi) is 7.97. The quantitative estimate of drug-likeness (QED) is 0.270. The van der Waals surface area contributed by atoms with Crippen molar-refractivity contribution < 1.29 is 30.8 Å². The van der Waals surface area contributed by atoms with Gasteiger partial charge in [-0.3, -0.25) is 9.52 Å². The van der Waals surface area contributed by atoms with E-state index >= 15 is 0 Å². The number of sulfonamides is 2. The highest BCUT2D eigenvalue weighted by Gasteiger charge is 2.20. The van der Waals surface area contributed by atoms with E-state index in [-0.39, 0.29) is 20.8 Å². The third kappa shape index (κ3) is 6.10. The number of nitrogens with one attached hydrogen (secondary N) is 2. The van der Waals surface area contributed by atoms with Gasteiger partial charge in [0.15, 0.2) is 5.58 Å². The lowest BCUT2D eigenvalue weighted by atomic mass is 10.3. The van der Waals surface area contributed by atoms with Gasteiger partial charge in [-0.05, 0) is 48.5 Å². The Morgan fingerprint density at radius 2 is 1.76 bits per heavy atom. The predicted octanol–water partition coefficient (Wildman–Crippen LogP) is 3.62. The number of hydrogen-bond donors (Lipinski definition) is 2. The van der Waals surface area contributed by atoms with Crippen LogP contribution in [0.3, 0.4) is 0 Å². The van der Waals surface area contributed by atoms with Crippen molar-refractivity contribution in [2.45, 2.75) is 15.0 Å². The molecule has 4 aromatic rings.